The number of hydrogen-bond donors (Lipinski definition) is 2. The number of carboxylic acids is 2. The first-order valence-corrected chi connectivity index (χ1v) is 9.70. The Bertz CT molecular complexity index is 1170. The van der Waals surface area contributed by atoms with Crippen LogP contribution < -0.4 is 9.47 Å². The van der Waals surface area contributed by atoms with Crippen molar-refractivity contribution in [3.8, 4) is 11.5 Å². The van der Waals surface area contributed by atoms with Crippen molar-refractivity contribution in [3.63, 3.8) is 0 Å². The number of ether oxygens (including phenoxy) is 2. The van der Waals surface area contributed by atoms with Gasteiger partial charge in [-0.2, -0.15) is 0 Å². The van der Waals surface area contributed by atoms with Crippen molar-refractivity contribution < 1.29 is 29.3 Å². The third-order valence-corrected chi connectivity index (χ3v) is 4.81. The molecular formula is C26H22O6. The van der Waals surface area contributed by atoms with Gasteiger partial charge in [-0.15, -0.1) is 0 Å². The van der Waals surface area contributed by atoms with Crippen molar-refractivity contribution in [1.29, 1.82) is 0 Å². The number of carboxylic acid groups (broad SMARTS) is 2. The third kappa shape index (κ3) is 5.23. The Hall–Kier alpha value is -4.32. The molecule has 6 nitrogen and oxygen atoms in total. The number of methoxy groups -OCH3 is 2. The van der Waals surface area contributed by atoms with E-state index in [4.69, 9.17) is 9.47 Å². The normalized spacial score (nSPS) is 11.7. The average molecular weight is 430 g/mol. The molecule has 162 valence electrons. The van der Waals surface area contributed by atoms with Gasteiger partial charge in [-0.05, 0) is 46.0 Å². The fourth-order valence-corrected chi connectivity index (χ4v) is 3.27. The van der Waals surface area contributed by atoms with E-state index in [1.807, 2.05) is 30.3 Å². The van der Waals surface area contributed by atoms with Crippen molar-refractivity contribution >= 4 is 29.2 Å². The van der Waals surface area contributed by atoms with Gasteiger partial charge >= 0.3 is 11.9 Å². The topological polar surface area (TPSA) is 93.1 Å². The van der Waals surface area contributed by atoms with Crippen LogP contribution in [-0.4, -0.2) is 36.4 Å². The van der Waals surface area contributed by atoms with E-state index in [2.05, 4.69) is 0 Å². The molecule has 0 amide bonds. The van der Waals surface area contributed by atoms with E-state index in [9.17, 15) is 19.8 Å². The maximum absolute atomic E-state index is 11.8. The maximum Gasteiger partial charge on any atom is 0.336 e. The predicted octanol–water partition coefficient (Wildman–Crippen LogP) is 4.85. The fourth-order valence-electron chi connectivity index (χ4n) is 3.27. The van der Waals surface area contributed by atoms with Gasteiger partial charge in [-0.3, -0.25) is 0 Å². The van der Waals surface area contributed by atoms with Crippen LogP contribution in [0.1, 0.15) is 22.3 Å². The van der Waals surface area contributed by atoms with Crippen LogP contribution >= 0.6 is 0 Å². The van der Waals surface area contributed by atoms with Crippen LogP contribution in [0.4, 0.5) is 0 Å². The van der Waals surface area contributed by atoms with Gasteiger partial charge in [0, 0.05) is 6.08 Å². The van der Waals surface area contributed by atoms with Crippen molar-refractivity contribution in [2.45, 2.75) is 0 Å². The summed E-state index contributed by atoms with van der Waals surface area (Å²) in [6, 6.07) is 21.0. The molecule has 0 spiro atoms. The standard InChI is InChI=1S/C26H22O6/c1-31-23-13-12-20(15-24(23)32-2)21(16-25(27)28)18-8-10-19(11-9-18)22(26(29)30)14-17-6-4-3-5-7-17/h3-16H,1-2H3,(H,27,28)(H,29,30). The largest absolute Gasteiger partial charge is 0.493 e. The highest BCUT2D eigenvalue weighted by Crippen LogP contribution is 2.33. The van der Waals surface area contributed by atoms with E-state index in [1.54, 1.807) is 48.5 Å². The molecule has 0 saturated carbocycles. The van der Waals surface area contributed by atoms with Crippen LogP contribution in [0.15, 0.2) is 78.9 Å². The van der Waals surface area contributed by atoms with E-state index in [0.29, 0.717) is 33.8 Å². The van der Waals surface area contributed by atoms with Gasteiger partial charge in [0.2, 0.25) is 0 Å². The molecule has 0 aromatic heterocycles. The number of hydrogen-bond acceptors (Lipinski definition) is 4. The molecule has 3 aromatic rings. The first kappa shape index (κ1) is 22.4. The summed E-state index contributed by atoms with van der Waals surface area (Å²) in [7, 11) is 3.02. The zero-order valence-corrected chi connectivity index (χ0v) is 17.6. The maximum atomic E-state index is 11.8. The van der Waals surface area contributed by atoms with Gasteiger partial charge in [-0.1, -0.05) is 60.7 Å². The molecule has 0 aliphatic rings. The molecule has 0 atom stereocenters. The highest BCUT2D eigenvalue weighted by molar-refractivity contribution is 6.20. The van der Waals surface area contributed by atoms with Crippen LogP contribution in [0.5, 0.6) is 11.5 Å². The summed E-state index contributed by atoms with van der Waals surface area (Å²) in [4.78, 5) is 23.3. The summed E-state index contributed by atoms with van der Waals surface area (Å²) in [6.45, 7) is 0. The van der Waals surface area contributed by atoms with Gasteiger partial charge in [0.25, 0.3) is 0 Å². The minimum atomic E-state index is -1.10. The van der Waals surface area contributed by atoms with E-state index in [-0.39, 0.29) is 5.57 Å². The molecule has 0 unspecified atom stereocenters. The van der Waals surface area contributed by atoms with Crippen molar-refractivity contribution in [2.24, 2.45) is 0 Å². The first-order chi connectivity index (χ1) is 15.4. The van der Waals surface area contributed by atoms with Gasteiger partial charge in [-0.25, -0.2) is 9.59 Å². The summed E-state index contributed by atoms with van der Waals surface area (Å²) in [5.74, 6) is -1.16. The molecule has 0 saturated heterocycles. The second-order valence-electron chi connectivity index (χ2n) is 6.82. The fraction of sp³-hybridized carbons (Fsp3) is 0.0769. The van der Waals surface area contributed by atoms with Crippen LogP contribution in [-0.2, 0) is 9.59 Å². The molecule has 2 N–H and O–H groups in total. The lowest BCUT2D eigenvalue weighted by Crippen LogP contribution is -2.01. The Kier molecular flexibility index (Phi) is 7.08. The first-order valence-electron chi connectivity index (χ1n) is 9.70. The molecule has 0 aliphatic heterocycles. The Morgan fingerprint density at radius 1 is 0.750 bits per heavy atom. The monoisotopic (exact) mass is 430 g/mol. The Balaban J connectivity index is 2.03. The highest BCUT2D eigenvalue weighted by atomic mass is 16.5. The Labute approximate surface area is 185 Å². The average Bonchev–Trinajstić information content (AvgIpc) is 2.81. The highest BCUT2D eigenvalue weighted by Gasteiger charge is 2.14. The summed E-state index contributed by atoms with van der Waals surface area (Å²) >= 11 is 0. The molecule has 6 heteroatoms. The molecule has 32 heavy (non-hydrogen) atoms. The minimum Gasteiger partial charge on any atom is -0.493 e. The molecule has 0 aliphatic carbocycles. The molecule has 0 heterocycles. The predicted molar refractivity (Wildman–Crippen MR) is 123 cm³/mol. The zero-order chi connectivity index (χ0) is 23.1. The van der Waals surface area contributed by atoms with Gasteiger partial charge in [0.1, 0.15) is 0 Å². The van der Waals surface area contributed by atoms with E-state index in [0.717, 1.165) is 11.6 Å². The van der Waals surface area contributed by atoms with Crippen LogP contribution in [0.2, 0.25) is 0 Å². The van der Waals surface area contributed by atoms with Gasteiger partial charge in [0.15, 0.2) is 11.5 Å². The van der Waals surface area contributed by atoms with E-state index in [1.165, 1.54) is 14.2 Å². The van der Waals surface area contributed by atoms with Gasteiger partial charge < -0.3 is 19.7 Å². The molecule has 3 aromatic carbocycles. The van der Waals surface area contributed by atoms with Crippen LogP contribution in [0, 0.1) is 0 Å². The lowest BCUT2D eigenvalue weighted by Gasteiger charge is -2.13. The number of aliphatic carboxylic acids is 2. The molecule has 3 rings (SSSR count). The van der Waals surface area contributed by atoms with Crippen molar-refractivity contribution in [1.82, 2.24) is 0 Å². The van der Waals surface area contributed by atoms with E-state index < -0.39 is 11.9 Å². The number of benzene rings is 3. The smallest absolute Gasteiger partial charge is 0.336 e. The van der Waals surface area contributed by atoms with Crippen LogP contribution in [0.25, 0.3) is 17.2 Å². The lowest BCUT2D eigenvalue weighted by atomic mass is 9.94. The summed E-state index contributed by atoms with van der Waals surface area (Å²) in [6.07, 6.45) is 2.70. The van der Waals surface area contributed by atoms with E-state index >= 15 is 0 Å². The SMILES string of the molecule is COc1ccc(C(=CC(=O)O)c2ccc(C(=Cc3ccccc3)C(=O)O)cc2)cc1OC. The molecule has 0 radical (unpaired) electrons. The quantitative estimate of drug-likeness (QED) is 0.392. The Morgan fingerprint density at radius 3 is 1.91 bits per heavy atom. The van der Waals surface area contributed by atoms with Crippen molar-refractivity contribution in [2.75, 3.05) is 14.2 Å². The second kappa shape index (κ2) is 10.1. The number of rotatable bonds is 8. The lowest BCUT2D eigenvalue weighted by molar-refractivity contribution is -0.131. The molecular weight excluding hydrogens is 408 g/mol. The number of carbonyl (C=O) groups is 2. The second-order valence-corrected chi connectivity index (χ2v) is 6.82. The molecule has 0 bridgehead atoms. The summed E-state index contributed by atoms with van der Waals surface area (Å²) in [5, 5.41) is 19.1. The summed E-state index contributed by atoms with van der Waals surface area (Å²) < 4.78 is 10.6. The summed E-state index contributed by atoms with van der Waals surface area (Å²) in [5.41, 5.74) is 3.10. The molecule has 0 fully saturated rings. The van der Waals surface area contributed by atoms with Gasteiger partial charge in [0.05, 0.1) is 19.8 Å². The minimum absolute atomic E-state index is 0.137. The zero-order valence-electron chi connectivity index (χ0n) is 17.6. The third-order valence-electron chi connectivity index (χ3n) is 4.81. The Morgan fingerprint density at radius 2 is 1.34 bits per heavy atom. The van der Waals surface area contributed by atoms with Crippen molar-refractivity contribution in [3.05, 3.63) is 101 Å². The van der Waals surface area contributed by atoms with Crippen LogP contribution in [0.3, 0.4) is 0 Å².